The van der Waals surface area contributed by atoms with Crippen LogP contribution in [0.2, 0.25) is 0 Å². The Balaban J connectivity index is 2.19. The fourth-order valence-electron chi connectivity index (χ4n) is 2.68. The fourth-order valence-corrected chi connectivity index (χ4v) is 2.68. The summed E-state index contributed by atoms with van der Waals surface area (Å²) in [5.74, 6) is 0.709. The molecule has 1 aromatic heterocycles. The van der Waals surface area contributed by atoms with Crippen molar-refractivity contribution in [1.82, 2.24) is 4.98 Å². The Morgan fingerprint density at radius 1 is 1.42 bits per heavy atom. The topological polar surface area (TPSA) is 51.6 Å². The number of aromatic nitrogens is 1. The van der Waals surface area contributed by atoms with Gasteiger partial charge in [-0.2, -0.15) is 0 Å². The molecule has 1 saturated carbocycles. The highest BCUT2D eigenvalue weighted by Crippen LogP contribution is 2.38. The minimum Gasteiger partial charge on any atom is -0.489 e. The number of ether oxygens (including phenoxy) is 2. The Morgan fingerprint density at radius 2 is 2.21 bits per heavy atom. The van der Waals surface area contributed by atoms with Gasteiger partial charge < -0.3 is 14.6 Å². The monoisotopic (exact) mass is 265 g/mol. The molecule has 4 heteroatoms. The highest BCUT2D eigenvalue weighted by molar-refractivity contribution is 5.29. The molecule has 0 amide bonds. The Kier molecular flexibility index (Phi) is 4.42. The number of pyridine rings is 1. The highest BCUT2D eigenvalue weighted by atomic mass is 16.5. The van der Waals surface area contributed by atoms with E-state index in [2.05, 4.69) is 4.98 Å². The van der Waals surface area contributed by atoms with Crippen LogP contribution < -0.4 is 4.74 Å². The van der Waals surface area contributed by atoms with Gasteiger partial charge in [0.2, 0.25) is 0 Å². The quantitative estimate of drug-likeness (QED) is 0.909. The van der Waals surface area contributed by atoms with E-state index in [1.165, 1.54) is 0 Å². The summed E-state index contributed by atoms with van der Waals surface area (Å²) in [6.45, 7) is 3.95. The summed E-state index contributed by atoms with van der Waals surface area (Å²) in [5.41, 5.74) is -0.0187. The van der Waals surface area contributed by atoms with Gasteiger partial charge in [-0.3, -0.25) is 4.98 Å². The van der Waals surface area contributed by atoms with Crippen molar-refractivity contribution in [2.75, 3.05) is 7.11 Å². The van der Waals surface area contributed by atoms with Crippen LogP contribution >= 0.6 is 0 Å². The molecule has 0 saturated heterocycles. The van der Waals surface area contributed by atoms with E-state index >= 15 is 0 Å². The number of hydrogen-bond acceptors (Lipinski definition) is 4. The van der Waals surface area contributed by atoms with E-state index in [1.807, 2.05) is 19.9 Å². The second-order valence-electron chi connectivity index (χ2n) is 5.56. The zero-order chi connectivity index (χ0) is 13.9. The summed E-state index contributed by atoms with van der Waals surface area (Å²) in [5, 5.41) is 10.8. The van der Waals surface area contributed by atoms with Gasteiger partial charge in [-0.25, -0.2) is 0 Å². The second kappa shape index (κ2) is 5.88. The molecule has 0 aliphatic heterocycles. The molecule has 1 aliphatic carbocycles. The van der Waals surface area contributed by atoms with Gasteiger partial charge in [-0.1, -0.05) is 0 Å². The van der Waals surface area contributed by atoms with Crippen LogP contribution in [0.25, 0.3) is 0 Å². The third kappa shape index (κ3) is 3.45. The summed E-state index contributed by atoms with van der Waals surface area (Å²) in [6, 6.07) is 1.89. The number of methoxy groups -OCH3 is 1. The zero-order valence-corrected chi connectivity index (χ0v) is 11.9. The summed E-state index contributed by atoms with van der Waals surface area (Å²) < 4.78 is 11.0. The summed E-state index contributed by atoms with van der Waals surface area (Å²) in [7, 11) is 1.70. The smallest absolute Gasteiger partial charge is 0.138 e. The molecule has 106 valence electrons. The van der Waals surface area contributed by atoms with Crippen LogP contribution in [0.4, 0.5) is 0 Å². The third-order valence-electron chi connectivity index (χ3n) is 3.64. The van der Waals surface area contributed by atoms with Crippen molar-refractivity contribution < 1.29 is 14.6 Å². The molecule has 0 spiro atoms. The van der Waals surface area contributed by atoms with Crippen molar-refractivity contribution in [2.45, 2.75) is 57.3 Å². The predicted molar refractivity (Wildman–Crippen MR) is 73.2 cm³/mol. The van der Waals surface area contributed by atoms with Crippen molar-refractivity contribution in [2.24, 2.45) is 0 Å². The van der Waals surface area contributed by atoms with Crippen LogP contribution in [0.3, 0.4) is 0 Å². The van der Waals surface area contributed by atoms with E-state index in [0.717, 1.165) is 24.8 Å². The Morgan fingerprint density at radius 3 is 2.89 bits per heavy atom. The predicted octanol–water partition coefficient (Wildman–Crippen LogP) is 2.65. The highest BCUT2D eigenvalue weighted by Gasteiger charge is 2.36. The average molecular weight is 265 g/mol. The third-order valence-corrected chi connectivity index (χ3v) is 3.64. The van der Waals surface area contributed by atoms with Crippen LogP contribution in [0, 0.1) is 0 Å². The maximum Gasteiger partial charge on any atom is 0.138 e. The maximum atomic E-state index is 10.8. The van der Waals surface area contributed by atoms with E-state index < -0.39 is 5.60 Å². The molecule has 0 bridgehead atoms. The maximum absolute atomic E-state index is 10.8. The van der Waals surface area contributed by atoms with Crippen LogP contribution in [-0.4, -0.2) is 29.4 Å². The van der Waals surface area contributed by atoms with Gasteiger partial charge >= 0.3 is 0 Å². The van der Waals surface area contributed by atoms with Crippen LogP contribution in [0.1, 0.15) is 45.1 Å². The fraction of sp³-hybridized carbons (Fsp3) is 0.667. The molecular formula is C15H23NO3. The van der Waals surface area contributed by atoms with Gasteiger partial charge in [0.1, 0.15) is 5.75 Å². The largest absolute Gasteiger partial charge is 0.489 e. The number of hydrogen-bond donors (Lipinski definition) is 1. The lowest BCUT2D eigenvalue weighted by molar-refractivity contribution is -0.0634. The van der Waals surface area contributed by atoms with Crippen molar-refractivity contribution in [1.29, 1.82) is 0 Å². The van der Waals surface area contributed by atoms with Crippen molar-refractivity contribution in [3.8, 4) is 5.75 Å². The number of rotatable bonds is 4. The molecule has 1 N–H and O–H groups in total. The van der Waals surface area contributed by atoms with Crippen LogP contribution in [-0.2, 0) is 10.3 Å². The van der Waals surface area contributed by atoms with E-state index in [0.29, 0.717) is 12.2 Å². The van der Waals surface area contributed by atoms with Gasteiger partial charge in [0.05, 0.1) is 24.0 Å². The van der Waals surface area contributed by atoms with Gasteiger partial charge in [-0.05, 0) is 39.2 Å². The standard InChI is InChI=1S/C15H23NO3/c1-11(2)19-14-7-12(9-16-10-14)15(17)6-4-5-13(8-15)18-3/h7,9-11,13,17H,4-6,8H2,1-3H3. The van der Waals surface area contributed by atoms with Crippen molar-refractivity contribution >= 4 is 0 Å². The zero-order valence-electron chi connectivity index (χ0n) is 11.9. The molecule has 0 aromatic carbocycles. The molecule has 1 heterocycles. The first-order chi connectivity index (χ1) is 9.03. The summed E-state index contributed by atoms with van der Waals surface area (Å²) >= 11 is 0. The lowest BCUT2D eigenvalue weighted by Gasteiger charge is -2.36. The molecule has 1 aromatic rings. The van der Waals surface area contributed by atoms with Gasteiger partial charge in [0.15, 0.2) is 0 Å². The molecule has 0 radical (unpaired) electrons. The number of nitrogens with zero attached hydrogens (tertiary/aromatic N) is 1. The Labute approximate surface area is 114 Å². The van der Waals surface area contributed by atoms with E-state index in [-0.39, 0.29) is 12.2 Å². The molecule has 2 atom stereocenters. The normalized spacial score (nSPS) is 27.5. The molecule has 2 unspecified atom stereocenters. The molecular weight excluding hydrogens is 242 g/mol. The number of aliphatic hydroxyl groups is 1. The van der Waals surface area contributed by atoms with Crippen molar-refractivity contribution in [3.63, 3.8) is 0 Å². The minimum atomic E-state index is -0.845. The first kappa shape index (κ1) is 14.3. The van der Waals surface area contributed by atoms with Gasteiger partial charge in [-0.15, -0.1) is 0 Å². The van der Waals surface area contributed by atoms with E-state index in [1.54, 1.807) is 19.5 Å². The molecule has 1 fully saturated rings. The van der Waals surface area contributed by atoms with E-state index in [4.69, 9.17) is 9.47 Å². The summed E-state index contributed by atoms with van der Waals surface area (Å²) in [4.78, 5) is 4.18. The molecule has 2 rings (SSSR count). The Hall–Kier alpha value is -1.13. The Bertz CT molecular complexity index is 422. The minimum absolute atomic E-state index is 0.102. The molecule has 1 aliphatic rings. The first-order valence-corrected chi connectivity index (χ1v) is 6.91. The molecule has 19 heavy (non-hydrogen) atoms. The van der Waals surface area contributed by atoms with E-state index in [9.17, 15) is 5.11 Å². The van der Waals surface area contributed by atoms with Crippen molar-refractivity contribution in [3.05, 3.63) is 24.0 Å². The SMILES string of the molecule is COC1CCCC(O)(c2cncc(OC(C)C)c2)C1. The average Bonchev–Trinajstić information content (AvgIpc) is 2.38. The van der Waals surface area contributed by atoms with Crippen LogP contribution in [0.15, 0.2) is 18.5 Å². The van der Waals surface area contributed by atoms with Gasteiger partial charge in [0, 0.05) is 25.3 Å². The summed E-state index contributed by atoms with van der Waals surface area (Å²) in [6.07, 6.45) is 6.97. The second-order valence-corrected chi connectivity index (χ2v) is 5.56. The lowest BCUT2D eigenvalue weighted by atomic mass is 9.79. The first-order valence-electron chi connectivity index (χ1n) is 6.91. The molecule has 4 nitrogen and oxygen atoms in total. The lowest BCUT2D eigenvalue weighted by Crippen LogP contribution is -2.36. The van der Waals surface area contributed by atoms with Crippen LogP contribution in [0.5, 0.6) is 5.75 Å². The van der Waals surface area contributed by atoms with Gasteiger partial charge in [0.25, 0.3) is 0 Å².